The lowest BCUT2D eigenvalue weighted by atomic mass is 9.79. The van der Waals surface area contributed by atoms with E-state index < -0.39 is 12.0 Å². The van der Waals surface area contributed by atoms with Gasteiger partial charge in [0.15, 0.2) is 0 Å². The number of phenolic OH excluding ortho intramolecular Hbond substituents is 1. The summed E-state index contributed by atoms with van der Waals surface area (Å²) in [5.41, 5.74) is 6.51. The number of carboxylic acids is 1. The predicted molar refractivity (Wildman–Crippen MR) is 112 cm³/mol. The Labute approximate surface area is 173 Å². The molecule has 1 aliphatic heterocycles. The first-order valence-electron chi connectivity index (χ1n) is 10.6. The van der Waals surface area contributed by atoms with Crippen LogP contribution in [-0.2, 0) is 9.59 Å². The molecule has 0 bridgehead atoms. The Morgan fingerprint density at radius 1 is 1.31 bits per heavy atom. The number of carbonyl (C=O) groups excluding carboxylic acids is 1. The minimum absolute atomic E-state index is 0.124. The first-order valence-corrected chi connectivity index (χ1v) is 10.6. The second-order valence-electron chi connectivity index (χ2n) is 8.19. The number of rotatable bonds is 10. The van der Waals surface area contributed by atoms with E-state index in [0.29, 0.717) is 37.8 Å². The van der Waals surface area contributed by atoms with Crippen LogP contribution in [0.25, 0.3) is 0 Å². The van der Waals surface area contributed by atoms with Gasteiger partial charge in [-0.05, 0) is 68.3 Å². The van der Waals surface area contributed by atoms with E-state index in [2.05, 4.69) is 24.1 Å². The molecular weight excluding hydrogens is 370 g/mol. The number of aliphatic carboxylic acids is 1. The summed E-state index contributed by atoms with van der Waals surface area (Å²) >= 11 is 0. The van der Waals surface area contributed by atoms with Crippen LogP contribution in [0.5, 0.6) is 5.75 Å². The summed E-state index contributed by atoms with van der Waals surface area (Å²) in [5, 5.41) is 21.9. The highest BCUT2D eigenvalue weighted by molar-refractivity contribution is 5.83. The van der Waals surface area contributed by atoms with E-state index in [0.717, 1.165) is 24.9 Å². The maximum atomic E-state index is 12.4. The van der Waals surface area contributed by atoms with Crippen molar-refractivity contribution in [3.8, 4) is 5.75 Å². The standard InChI is InChI=1S/C22H35N3O4/c1-15-9-12-25(21(16(15)2)17-6-5-7-18(26)14-17)13-10-20(27)24-19(22(28)29)8-3-4-11-23/h5-7,14-16,19,21,26H,3-4,8-13,23H2,1-2H3,(H,24,27)(H,28,29)/t15-,16-,19+,21?/m1/s1. The molecule has 7 nitrogen and oxygen atoms in total. The topological polar surface area (TPSA) is 116 Å². The van der Waals surface area contributed by atoms with E-state index >= 15 is 0 Å². The number of phenols is 1. The third-order valence-corrected chi connectivity index (χ3v) is 6.08. The number of nitrogens with two attached hydrogens (primary N) is 1. The van der Waals surface area contributed by atoms with E-state index in [4.69, 9.17) is 5.73 Å². The van der Waals surface area contributed by atoms with Crippen LogP contribution in [0.1, 0.15) is 57.6 Å². The summed E-state index contributed by atoms with van der Waals surface area (Å²) in [6, 6.07) is 6.58. The van der Waals surface area contributed by atoms with E-state index in [1.165, 1.54) is 0 Å². The Balaban J connectivity index is 1.99. The van der Waals surface area contributed by atoms with Gasteiger partial charge in [0.05, 0.1) is 0 Å². The normalized spacial score (nSPS) is 23.5. The summed E-state index contributed by atoms with van der Waals surface area (Å²) in [6.45, 7) is 6.39. The van der Waals surface area contributed by atoms with Crippen molar-refractivity contribution < 1.29 is 19.8 Å². The van der Waals surface area contributed by atoms with Crippen LogP contribution in [0.4, 0.5) is 0 Å². The van der Waals surface area contributed by atoms with Crippen molar-refractivity contribution >= 4 is 11.9 Å². The molecule has 1 aromatic carbocycles. The molecule has 7 heteroatoms. The number of benzene rings is 1. The number of carboxylic acid groups (broad SMARTS) is 1. The Morgan fingerprint density at radius 2 is 2.07 bits per heavy atom. The van der Waals surface area contributed by atoms with E-state index in [1.807, 2.05) is 12.1 Å². The summed E-state index contributed by atoms with van der Waals surface area (Å²) < 4.78 is 0. The highest BCUT2D eigenvalue weighted by Gasteiger charge is 2.34. The summed E-state index contributed by atoms with van der Waals surface area (Å²) in [6.07, 6.45) is 3.11. The Morgan fingerprint density at radius 3 is 2.72 bits per heavy atom. The summed E-state index contributed by atoms with van der Waals surface area (Å²) in [5.74, 6) is -0.0742. The van der Waals surface area contributed by atoms with Gasteiger partial charge in [-0.2, -0.15) is 0 Å². The molecule has 1 fully saturated rings. The van der Waals surface area contributed by atoms with E-state index in [-0.39, 0.29) is 24.1 Å². The van der Waals surface area contributed by atoms with Gasteiger partial charge in [-0.3, -0.25) is 9.69 Å². The van der Waals surface area contributed by atoms with Gasteiger partial charge in [0, 0.05) is 19.0 Å². The van der Waals surface area contributed by atoms with Gasteiger partial charge in [-0.25, -0.2) is 4.79 Å². The number of hydrogen-bond acceptors (Lipinski definition) is 5. The van der Waals surface area contributed by atoms with Crippen molar-refractivity contribution in [2.45, 2.75) is 58.0 Å². The van der Waals surface area contributed by atoms with Gasteiger partial charge in [0.2, 0.25) is 5.91 Å². The fourth-order valence-electron chi connectivity index (χ4n) is 4.15. The molecule has 4 atom stereocenters. The van der Waals surface area contributed by atoms with Gasteiger partial charge in [-0.15, -0.1) is 0 Å². The van der Waals surface area contributed by atoms with E-state index in [9.17, 15) is 19.8 Å². The van der Waals surface area contributed by atoms with Crippen LogP contribution in [0.3, 0.4) is 0 Å². The molecule has 1 saturated heterocycles. The predicted octanol–water partition coefficient (Wildman–Crippen LogP) is 2.50. The Bertz CT molecular complexity index is 682. The van der Waals surface area contributed by atoms with Crippen LogP contribution in [0, 0.1) is 11.8 Å². The molecule has 0 spiro atoms. The third kappa shape index (κ3) is 6.72. The highest BCUT2D eigenvalue weighted by atomic mass is 16.4. The molecule has 162 valence electrons. The maximum absolute atomic E-state index is 12.4. The lowest BCUT2D eigenvalue weighted by Gasteiger charge is -2.43. The number of likely N-dealkylation sites (tertiary alicyclic amines) is 1. The molecule has 0 saturated carbocycles. The Hall–Kier alpha value is -2.12. The number of amides is 1. The number of hydrogen-bond donors (Lipinski definition) is 4. The number of carbonyl (C=O) groups is 2. The van der Waals surface area contributed by atoms with Gasteiger partial charge in [-0.1, -0.05) is 26.0 Å². The quantitative estimate of drug-likeness (QED) is 0.445. The van der Waals surface area contributed by atoms with Crippen molar-refractivity contribution in [1.29, 1.82) is 0 Å². The van der Waals surface area contributed by atoms with Gasteiger partial charge in [0.1, 0.15) is 11.8 Å². The molecule has 2 rings (SSSR count). The molecule has 0 aliphatic carbocycles. The van der Waals surface area contributed by atoms with Crippen LogP contribution in [0.2, 0.25) is 0 Å². The molecular formula is C22H35N3O4. The molecule has 5 N–H and O–H groups in total. The smallest absolute Gasteiger partial charge is 0.326 e. The number of piperidine rings is 1. The molecule has 29 heavy (non-hydrogen) atoms. The minimum Gasteiger partial charge on any atom is -0.508 e. The van der Waals surface area contributed by atoms with Gasteiger partial charge >= 0.3 is 5.97 Å². The average molecular weight is 406 g/mol. The third-order valence-electron chi connectivity index (χ3n) is 6.08. The van der Waals surface area contributed by atoms with Crippen LogP contribution in [0.15, 0.2) is 24.3 Å². The zero-order valence-corrected chi connectivity index (χ0v) is 17.5. The summed E-state index contributed by atoms with van der Waals surface area (Å²) in [4.78, 5) is 26.1. The monoisotopic (exact) mass is 405 g/mol. The average Bonchev–Trinajstić information content (AvgIpc) is 2.68. The number of nitrogens with zero attached hydrogens (tertiary/aromatic N) is 1. The van der Waals surface area contributed by atoms with Crippen molar-refractivity contribution in [3.05, 3.63) is 29.8 Å². The first-order chi connectivity index (χ1) is 13.8. The number of nitrogens with one attached hydrogen (secondary N) is 1. The van der Waals surface area contributed by atoms with Crippen LogP contribution < -0.4 is 11.1 Å². The van der Waals surface area contributed by atoms with Crippen molar-refractivity contribution in [3.63, 3.8) is 0 Å². The molecule has 1 amide bonds. The maximum Gasteiger partial charge on any atom is 0.326 e. The minimum atomic E-state index is -1.01. The first kappa shape index (κ1) is 23.2. The number of unbranched alkanes of at least 4 members (excludes halogenated alkanes) is 1. The van der Waals surface area contributed by atoms with Crippen molar-refractivity contribution in [2.75, 3.05) is 19.6 Å². The van der Waals surface area contributed by atoms with Crippen LogP contribution >= 0.6 is 0 Å². The lowest BCUT2D eigenvalue weighted by molar-refractivity contribution is -0.142. The summed E-state index contributed by atoms with van der Waals surface area (Å²) in [7, 11) is 0. The van der Waals surface area contributed by atoms with E-state index in [1.54, 1.807) is 12.1 Å². The molecule has 1 unspecified atom stereocenters. The molecule has 1 heterocycles. The lowest BCUT2D eigenvalue weighted by Crippen LogP contribution is -2.45. The molecule has 0 aromatic heterocycles. The fourth-order valence-corrected chi connectivity index (χ4v) is 4.15. The SMILES string of the molecule is C[C@@H]1CCN(CCC(=O)N[C@@H](CCCCN)C(=O)O)C(c2cccc(O)c2)[C@@H]1C. The van der Waals surface area contributed by atoms with Gasteiger partial charge in [0.25, 0.3) is 0 Å². The molecule has 1 aliphatic rings. The fraction of sp³-hybridized carbons (Fsp3) is 0.636. The largest absolute Gasteiger partial charge is 0.508 e. The second kappa shape index (κ2) is 11.2. The second-order valence-corrected chi connectivity index (χ2v) is 8.19. The van der Waals surface area contributed by atoms with Crippen molar-refractivity contribution in [2.24, 2.45) is 17.6 Å². The van der Waals surface area contributed by atoms with Crippen molar-refractivity contribution in [1.82, 2.24) is 10.2 Å². The Kier molecular flexibility index (Phi) is 8.92. The highest BCUT2D eigenvalue weighted by Crippen LogP contribution is 2.39. The molecule has 0 radical (unpaired) electrons. The zero-order valence-electron chi connectivity index (χ0n) is 17.5. The van der Waals surface area contributed by atoms with Crippen LogP contribution in [-0.4, -0.2) is 52.7 Å². The number of aromatic hydroxyl groups is 1. The van der Waals surface area contributed by atoms with Gasteiger partial charge < -0.3 is 21.3 Å². The zero-order chi connectivity index (χ0) is 21.4. The molecule has 1 aromatic rings.